The number of rotatable bonds is 5. The molecule has 2 aromatic rings. The Hall–Kier alpha value is -3.34. The summed E-state index contributed by atoms with van der Waals surface area (Å²) >= 11 is 6.15. The Kier molecular flexibility index (Phi) is 7.73. The summed E-state index contributed by atoms with van der Waals surface area (Å²) in [5, 5.41) is 15.9. The third kappa shape index (κ3) is 5.43. The first-order valence-electron chi connectivity index (χ1n) is 12.5. The van der Waals surface area contributed by atoms with Crippen LogP contribution in [0.2, 0.25) is 5.02 Å². The van der Waals surface area contributed by atoms with Crippen LogP contribution in [0.25, 0.3) is 6.08 Å². The second-order valence-corrected chi connectivity index (χ2v) is 11.9. The van der Waals surface area contributed by atoms with Crippen LogP contribution in [0.4, 0.5) is 10.5 Å². The van der Waals surface area contributed by atoms with E-state index < -0.39 is 16.9 Å². The number of anilines is 1. The van der Waals surface area contributed by atoms with Crippen molar-refractivity contribution in [3.63, 3.8) is 0 Å². The Bertz CT molecular complexity index is 1310. The van der Waals surface area contributed by atoms with Gasteiger partial charge >= 0.3 is 5.97 Å². The number of carboxylic acids is 1. The number of hydrogen-bond acceptors (Lipinski definition) is 5. The first-order valence-corrected chi connectivity index (χ1v) is 14.2. The lowest BCUT2D eigenvalue weighted by Gasteiger charge is -2.34. The largest absolute Gasteiger partial charge is 0.477 e. The Morgan fingerprint density at radius 2 is 1.74 bits per heavy atom. The molecule has 0 aromatic heterocycles. The van der Waals surface area contributed by atoms with Crippen LogP contribution >= 0.6 is 22.5 Å². The number of aliphatic carboxylic acids is 1. The maximum absolute atomic E-state index is 13.4. The summed E-state index contributed by atoms with van der Waals surface area (Å²) in [5.41, 5.74) is 1.84. The number of ether oxygens (including phenoxy) is 1. The number of carboxylic acid groups (broad SMARTS) is 1. The molecule has 2 heterocycles. The number of carbonyl (C=O) groups is 4. The molecule has 5 rings (SSSR count). The molecule has 3 N–H and O–H groups in total. The molecule has 3 aliphatic rings. The Morgan fingerprint density at radius 3 is 2.42 bits per heavy atom. The van der Waals surface area contributed by atoms with Crippen molar-refractivity contribution in [3.8, 4) is 0 Å². The number of thiol groups is 1. The monoisotopic (exact) mass is 557 g/mol. The summed E-state index contributed by atoms with van der Waals surface area (Å²) in [6.07, 6.45) is 4.70. The highest BCUT2D eigenvalue weighted by Crippen LogP contribution is 2.53. The number of benzene rings is 2. The Labute approximate surface area is 227 Å². The Morgan fingerprint density at radius 1 is 1.03 bits per heavy atom. The molecule has 3 atom stereocenters. The van der Waals surface area contributed by atoms with Crippen molar-refractivity contribution < 1.29 is 29.0 Å². The molecule has 9 nitrogen and oxygen atoms in total. The average molecular weight is 558 g/mol. The second kappa shape index (κ2) is 11.2. The van der Waals surface area contributed by atoms with Gasteiger partial charge in [-0.15, -0.1) is 10.9 Å². The minimum atomic E-state index is -1.79. The number of hydrogen-bond donors (Lipinski definition) is 4. The van der Waals surface area contributed by atoms with Crippen LogP contribution in [0.1, 0.15) is 41.6 Å². The first-order chi connectivity index (χ1) is 18.3. The van der Waals surface area contributed by atoms with Gasteiger partial charge in [-0.05, 0) is 60.9 Å². The second-order valence-electron chi connectivity index (χ2n) is 9.44. The highest BCUT2D eigenvalue weighted by atomic mass is 35.5. The van der Waals surface area contributed by atoms with E-state index in [0.29, 0.717) is 52.7 Å². The van der Waals surface area contributed by atoms with Crippen molar-refractivity contribution in [1.82, 2.24) is 10.6 Å². The fourth-order valence-corrected chi connectivity index (χ4v) is 7.45. The van der Waals surface area contributed by atoms with Crippen molar-refractivity contribution >= 4 is 57.3 Å². The number of amides is 3. The van der Waals surface area contributed by atoms with Crippen LogP contribution in [-0.4, -0.2) is 60.0 Å². The summed E-state index contributed by atoms with van der Waals surface area (Å²) < 4.78 is 5.17. The van der Waals surface area contributed by atoms with Gasteiger partial charge in [-0.3, -0.25) is 14.4 Å². The highest BCUT2D eigenvalue weighted by Gasteiger charge is 2.35. The summed E-state index contributed by atoms with van der Waals surface area (Å²) in [4.78, 5) is 52.8. The molecule has 38 heavy (non-hydrogen) atoms. The number of nitrogens with one attached hydrogen (secondary N) is 2. The molecule has 3 unspecified atom stereocenters. The van der Waals surface area contributed by atoms with E-state index in [9.17, 15) is 24.3 Å². The van der Waals surface area contributed by atoms with Crippen molar-refractivity contribution in [1.29, 1.82) is 0 Å². The van der Waals surface area contributed by atoms with Gasteiger partial charge in [-0.25, -0.2) is 4.79 Å². The van der Waals surface area contributed by atoms with Crippen LogP contribution in [0.3, 0.4) is 0 Å². The van der Waals surface area contributed by atoms with E-state index in [0.717, 1.165) is 12.8 Å². The predicted octanol–water partition coefficient (Wildman–Crippen LogP) is 3.95. The van der Waals surface area contributed by atoms with Gasteiger partial charge in [-0.2, -0.15) is 0 Å². The number of morpholine rings is 1. The quantitative estimate of drug-likeness (QED) is 0.413. The van der Waals surface area contributed by atoms with Crippen molar-refractivity contribution in [2.75, 3.05) is 24.7 Å². The molecule has 11 heteroatoms. The maximum Gasteiger partial charge on any atom is 0.341 e. The maximum atomic E-state index is 13.4. The highest BCUT2D eigenvalue weighted by molar-refractivity contribution is 8.33. The molecule has 0 radical (unpaired) electrons. The lowest BCUT2D eigenvalue weighted by Crippen LogP contribution is -2.52. The summed E-state index contributed by atoms with van der Waals surface area (Å²) in [7, 11) is -1.79. The standard InChI is InChI=1S/C27H28ClN3O6S/c28-18-8-5-17-13-23(26(34)35)38(22(17)14-18)27(36)30-21-4-2-1-3-20(21)29-25(33)16-6-9-19(10-7-16)31-11-12-37-15-24(31)32/h5-10,13-14,20-21,38H,1-4,11-12,15H2,(H,29,33)(H,30,36)(H,34,35). The van der Waals surface area contributed by atoms with Crippen molar-refractivity contribution in [2.45, 2.75) is 42.7 Å². The zero-order valence-corrected chi connectivity index (χ0v) is 22.1. The van der Waals surface area contributed by atoms with E-state index in [1.54, 1.807) is 47.4 Å². The van der Waals surface area contributed by atoms with Crippen LogP contribution in [-0.2, 0) is 14.3 Å². The van der Waals surface area contributed by atoms with Crippen LogP contribution in [0, 0.1) is 0 Å². The van der Waals surface area contributed by atoms with Crippen LogP contribution in [0.15, 0.2) is 52.3 Å². The minimum absolute atomic E-state index is 0.0432. The van der Waals surface area contributed by atoms with E-state index in [2.05, 4.69) is 10.6 Å². The van der Waals surface area contributed by atoms with Gasteiger partial charge in [0.25, 0.3) is 17.1 Å². The van der Waals surface area contributed by atoms with Gasteiger partial charge in [-0.1, -0.05) is 30.5 Å². The molecule has 0 bridgehead atoms. The molecule has 2 aliphatic heterocycles. The fourth-order valence-electron chi connectivity index (χ4n) is 5.09. The minimum Gasteiger partial charge on any atom is -0.477 e. The summed E-state index contributed by atoms with van der Waals surface area (Å²) in [5.74, 6) is -1.52. The molecule has 2 aromatic carbocycles. The van der Waals surface area contributed by atoms with Gasteiger partial charge in [0, 0.05) is 39.8 Å². The smallest absolute Gasteiger partial charge is 0.341 e. The fraction of sp³-hybridized carbons (Fsp3) is 0.333. The van der Waals surface area contributed by atoms with Gasteiger partial charge in [0.1, 0.15) is 6.61 Å². The predicted molar refractivity (Wildman–Crippen MR) is 146 cm³/mol. The van der Waals surface area contributed by atoms with E-state index in [1.165, 1.54) is 6.08 Å². The summed E-state index contributed by atoms with van der Waals surface area (Å²) in [6, 6.07) is 11.3. The molecular weight excluding hydrogens is 530 g/mol. The SMILES string of the molecule is O=C(O)C1=Cc2ccc(Cl)cc2[SH]1C(=O)NC1CCCCC1NC(=O)c1ccc(N2CCOCC2=O)cc1. The topological polar surface area (TPSA) is 125 Å². The molecule has 1 saturated carbocycles. The van der Waals surface area contributed by atoms with E-state index in [4.69, 9.17) is 16.3 Å². The van der Waals surface area contributed by atoms with E-state index >= 15 is 0 Å². The molecule has 200 valence electrons. The zero-order chi connectivity index (χ0) is 26.8. The number of nitrogens with zero attached hydrogens (tertiary/aromatic N) is 1. The van der Waals surface area contributed by atoms with Crippen LogP contribution in [0.5, 0.6) is 0 Å². The van der Waals surface area contributed by atoms with Gasteiger partial charge in [0.15, 0.2) is 0 Å². The normalized spacial score (nSPS) is 23.8. The summed E-state index contributed by atoms with van der Waals surface area (Å²) in [6.45, 7) is 0.973. The molecular formula is C27H28ClN3O6S. The average Bonchev–Trinajstić information content (AvgIpc) is 3.29. The number of carbonyl (C=O) groups excluding carboxylic acids is 3. The molecule has 0 spiro atoms. The van der Waals surface area contributed by atoms with Gasteiger partial charge < -0.3 is 25.4 Å². The van der Waals surface area contributed by atoms with Crippen molar-refractivity contribution in [3.05, 3.63) is 63.5 Å². The third-order valence-electron chi connectivity index (χ3n) is 7.01. The van der Waals surface area contributed by atoms with Crippen molar-refractivity contribution in [2.24, 2.45) is 0 Å². The van der Waals surface area contributed by atoms with Gasteiger partial charge in [0.05, 0.1) is 11.5 Å². The van der Waals surface area contributed by atoms with E-state index in [1.807, 2.05) is 0 Å². The lowest BCUT2D eigenvalue weighted by atomic mass is 9.90. The van der Waals surface area contributed by atoms with Gasteiger partial charge in [0.2, 0.25) is 0 Å². The third-order valence-corrected chi connectivity index (χ3v) is 9.45. The Balaban J connectivity index is 1.27. The lowest BCUT2D eigenvalue weighted by molar-refractivity contribution is -0.131. The molecule has 1 aliphatic carbocycles. The number of halogens is 1. The number of fused-ring (bicyclic) bond motifs is 1. The first kappa shape index (κ1) is 26.3. The zero-order valence-electron chi connectivity index (χ0n) is 20.5. The van der Waals surface area contributed by atoms with E-state index in [-0.39, 0.29) is 40.6 Å². The molecule has 2 fully saturated rings. The molecule has 3 amide bonds. The molecule has 1 saturated heterocycles. The van der Waals surface area contributed by atoms with Crippen LogP contribution < -0.4 is 15.5 Å².